The molecule has 0 amide bonds. The molecule has 0 aliphatic rings. The van der Waals surface area contributed by atoms with Crippen LogP contribution in [0, 0.1) is 12.3 Å². The molecule has 92 valence electrons. The van der Waals surface area contributed by atoms with Gasteiger partial charge in [0.25, 0.3) is 0 Å². The molecule has 16 heavy (non-hydrogen) atoms. The normalized spacial score (nSPS) is 12.0. The molecule has 3 nitrogen and oxygen atoms in total. The van der Waals surface area contributed by atoms with Crippen LogP contribution >= 0.6 is 11.3 Å². The highest BCUT2D eigenvalue weighted by atomic mass is 32.1. The van der Waals surface area contributed by atoms with Crippen molar-refractivity contribution in [3.8, 4) is 0 Å². The summed E-state index contributed by atoms with van der Waals surface area (Å²) in [6, 6.07) is 0. The molecule has 0 spiro atoms. The van der Waals surface area contributed by atoms with Gasteiger partial charge in [0.05, 0.1) is 5.01 Å². The zero-order chi connectivity index (χ0) is 12.0. The molecule has 0 radical (unpaired) electrons. The monoisotopic (exact) mass is 242 g/mol. The van der Waals surface area contributed by atoms with Crippen molar-refractivity contribution in [3.05, 3.63) is 16.1 Å². The average molecular weight is 242 g/mol. The lowest BCUT2D eigenvalue weighted by Gasteiger charge is -2.24. The second-order valence-electron chi connectivity index (χ2n) is 4.86. The number of rotatable bonds is 7. The van der Waals surface area contributed by atoms with Gasteiger partial charge in [-0.05, 0) is 18.8 Å². The number of nitrogens with zero attached hydrogens (tertiary/aromatic N) is 1. The molecule has 0 aromatic carbocycles. The Kier molecular flexibility index (Phi) is 5.38. The first kappa shape index (κ1) is 13.6. The molecule has 4 heteroatoms. The topological polar surface area (TPSA) is 34.1 Å². The molecule has 0 aliphatic heterocycles. The van der Waals surface area contributed by atoms with Gasteiger partial charge in [-0.25, -0.2) is 4.98 Å². The Morgan fingerprint density at radius 1 is 1.50 bits per heavy atom. The highest BCUT2D eigenvalue weighted by Crippen LogP contribution is 2.19. The summed E-state index contributed by atoms with van der Waals surface area (Å²) in [5.74, 6) is 0. The largest absolute Gasteiger partial charge is 0.385 e. The van der Waals surface area contributed by atoms with Gasteiger partial charge in [0, 0.05) is 37.9 Å². The van der Waals surface area contributed by atoms with Gasteiger partial charge in [0.1, 0.15) is 0 Å². The van der Waals surface area contributed by atoms with E-state index in [1.165, 1.54) is 4.88 Å². The summed E-state index contributed by atoms with van der Waals surface area (Å²) in [4.78, 5) is 5.55. The zero-order valence-electron chi connectivity index (χ0n) is 10.7. The highest BCUT2D eigenvalue weighted by Gasteiger charge is 2.16. The molecular formula is C12H22N2OS. The van der Waals surface area contributed by atoms with E-state index >= 15 is 0 Å². The molecule has 1 rings (SSSR count). The molecule has 1 N–H and O–H groups in total. The van der Waals surface area contributed by atoms with Gasteiger partial charge in [-0.1, -0.05) is 13.8 Å². The number of nitrogens with one attached hydrogen (secondary N) is 1. The lowest BCUT2D eigenvalue weighted by atomic mass is 9.90. The van der Waals surface area contributed by atoms with Crippen molar-refractivity contribution < 1.29 is 4.74 Å². The van der Waals surface area contributed by atoms with E-state index in [0.29, 0.717) is 0 Å². The van der Waals surface area contributed by atoms with Crippen LogP contribution in [0.25, 0.3) is 0 Å². The molecule has 0 saturated heterocycles. The van der Waals surface area contributed by atoms with E-state index in [9.17, 15) is 0 Å². The van der Waals surface area contributed by atoms with E-state index in [1.54, 1.807) is 18.4 Å². The van der Waals surface area contributed by atoms with Gasteiger partial charge in [-0.15, -0.1) is 11.3 Å². The Bertz CT molecular complexity index is 310. The summed E-state index contributed by atoms with van der Waals surface area (Å²) in [6.07, 6.45) is 3.04. The van der Waals surface area contributed by atoms with E-state index in [1.807, 2.05) is 13.1 Å². The Morgan fingerprint density at radius 2 is 2.25 bits per heavy atom. The van der Waals surface area contributed by atoms with E-state index in [4.69, 9.17) is 4.74 Å². The molecule has 0 atom stereocenters. The van der Waals surface area contributed by atoms with Gasteiger partial charge < -0.3 is 10.1 Å². The standard InChI is InChI=1S/C12H22N2OS/c1-10-14-8-11(16-10)7-13-9-12(2,3)5-6-15-4/h8,13H,5-7,9H2,1-4H3. The third kappa shape index (κ3) is 5.05. The fraction of sp³-hybridized carbons (Fsp3) is 0.750. The van der Waals surface area contributed by atoms with Gasteiger partial charge in [-0.2, -0.15) is 0 Å². The summed E-state index contributed by atoms with van der Waals surface area (Å²) in [7, 11) is 1.75. The van der Waals surface area contributed by atoms with Gasteiger partial charge in [-0.3, -0.25) is 0 Å². The van der Waals surface area contributed by atoms with Crippen LogP contribution in [-0.4, -0.2) is 25.2 Å². The number of hydrogen-bond donors (Lipinski definition) is 1. The third-order valence-electron chi connectivity index (χ3n) is 2.55. The van der Waals surface area contributed by atoms with Crippen molar-refractivity contribution in [1.82, 2.24) is 10.3 Å². The number of aromatic nitrogens is 1. The molecule has 1 heterocycles. The van der Waals surface area contributed by atoms with Crippen molar-refractivity contribution in [2.45, 2.75) is 33.7 Å². The van der Waals surface area contributed by atoms with E-state index in [-0.39, 0.29) is 5.41 Å². The molecule has 0 saturated carbocycles. The molecule has 0 bridgehead atoms. The molecule has 0 fully saturated rings. The average Bonchev–Trinajstić information content (AvgIpc) is 2.61. The van der Waals surface area contributed by atoms with E-state index < -0.39 is 0 Å². The van der Waals surface area contributed by atoms with Crippen LogP contribution in [0.5, 0.6) is 0 Å². The van der Waals surface area contributed by atoms with Crippen LogP contribution < -0.4 is 5.32 Å². The molecule has 0 unspecified atom stereocenters. The summed E-state index contributed by atoms with van der Waals surface area (Å²) >= 11 is 1.76. The zero-order valence-corrected chi connectivity index (χ0v) is 11.5. The highest BCUT2D eigenvalue weighted by molar-refractivity contribution is 7.11. The SMILES string of the molecule is COCCC(C)(C)CNCc1cnc(C)s1. The lowest BCUT2D eigenvalue weighted by Crippen LogP contribution is -2.29. The van der Waals surface area contributed by atoms with Crippen molar-refractivity contribution in [3.63, 3.8) is 0 Å². The number of thiazole rings is 1. The summed E-state index contributed by atoms with van der Waals surface area (Å²) in [6.45, 7) is 9.31. The van der Waals surface area contributed by atoms with Crippen LogP contribution in [0.15, 0.2) is 6.20 Å². The summed E-state index contributed by atoms with van der Waals surface area (Å²) < 4.78 is 5.11. The van der Waals surface area contributed by atoms with Crippen LogP contribution in [0.4, 0.5) is 0 Å². The van der Waals surface area contributed by atoms with Crippen molar-refractivity contribution in [1.29, 1.82) is 0 Å². The van der Waals surface area contributed by atoms with E-state index in [2.05, 4.69) is 24.1 Å². The minimum Gasteiger partial charge on any atom is -0.385 e. The Balaban J connectivity index is 2.24. The smallest absolute Gasteiger partial charge is 0.0897 e. The quantitative estimate of drug-likeness (QED) is 0.798. The molecule has 1 aromatic heterocycles. The lowest BCUT2D eigenvalue weighted by molar-refractivity contribution is 0.150. The van der Waals surface area contributed by atoms with Gasteiger partial charge in [0.2, 0.25) is 0 Å². The van der Waals surface area contributed by atoms with Crippen molar-refractivity contribution in [2.24, 2.45) is 5.41 Å². The Hall–Kier alpha value is -0.450. The predicted octanol–water partition coefficient (Wildman–Crippen LogP) is 2.60. The predicted molar refractivity (Wildman–Crippen MR) is 68.8 cm³/mol. The fourth-order valence-corrected chi connectivity index (χ4v) is 2.24. The minimum atomic E-state index is 0.287. The maximum absolute atomic E-state index is 5.11. The minimum absolute atomic E-state index is 0.287. The third-order valence-corrected chi connectivity index (χ3v) is 3.47. The number of aryl methyl sites for hydroxylation is 1. The molecule has 0 aliphatic carbocycles. The number of methoxy groups -OCH3 is 1. The number of ether oxygens (including phenoxy) is 1. The maximum Gasteiger partial charge on any atom is 0.0897 e. The fourth-order valence-electron chi connectivity index (χ4n) is 1.48. The van der Waals surface area contributed by atoms with Crippen LogP contribution in [-0.2, 0) is 11.3 Å². The van der Waals surface area contributed by atoms with Crippen molar-refractivity contribution in [2.75, 3.05) is 20.3 Å². The van der Waals surface area contributed by atoms with E-state index in [0.717, 1.165) is 31.1 Å². The second kappa shape index (κ2) is 6.33. The van der Waals surface area contributed by atoms with Crippen LogP contribution in [0.1, 0.15) is 30.2 Å². The Morgan fingerprint density at radius 3 is 2.81 bits per heavy atom. The van der Waals surface area contributed by atoms with Gasteiger partial charge in [0.15, 0.2) is 0 Å². The Labute approximate surface area is 102 Å². The summed E-state index contributed by atoms with van der Waals surface area (Å²) in [5.41, 5.74) is 0.287. The molecular weight excluding hydrogens is 220 g/mol. The first-order chi connectivity index (χ1) is 7.53. The number of hydrogen-bond acceptors (Lipinski definition) is 4. The van der Waals surface area contributed by atoms with Crippen LogP contribution in [0.3, 0.4) is 0 Å². The van der Waals surface area contributed by atoms with Crippen LogP contribution in [0.2, 0.25) is 0 Å². The maximum atomic E-state index is 5.11. The second-order valence-corrected chi connectivity index (χ2v) is 6.18. The van der Waals surface area contributed by atoms with Crippen molar-refractivity contribution >= 4 is 11.3 Å². The first-order valence-electron chi connectivity index (χ1n) is 5.64. The van der Waals surface area contributed by atoms with Gasteiger partial charge >= 0.3 is 0 Å². The molecule has 1 aromatic rings. The summed E-state index contributed by atoms with van der Waals surface area (Å²) in [5, 5.41) is 4.61. The first-order valence-corrected chi connectivity index (χ1v) is 6.46.